The number of para-hydroxylation sites is 1. The number of halogens is 3. The molecule has 0 amide bonds. The van der Waals surface area contributed by atoms with Gasteiger partial charge in [0.25, 0.3) is 0 Å². The molecule has 0 aliphatic rings. The van der Waals surface area contributed by atoms with Crippen LogP contribution in [-0.2, 0) is 0 Å². The number of alkyl halides is 3. The fraction of sp³-hybridized carbons (Fsp3) is 0.455. The minimum Gasteiger partial charge on any atom is -0.365 e. The van der Waals surface area contributed by atoms with E-state index in [-0.39, 0.29) is 6.04 Å². The van der Waals surface area contributed by atoms with Crippen LogP contribution in [0.2, 0.25) is 0 Å². The molecule has 1 rings (SSSR count). The summed E-state index contributed by atoms with van der Waals surface area (Å²) < 4.78 is 36.8. The SMILES string of the molecule is C[C@@H](N)c1ccccc1N(C)CC(F)(F)F. The molecule has 2 nitrogen and oxygen atoms in total. The molecule has 0 bridgehead atoms. The van der Waals surface area contributed by atoms with Gasteiger partial charge in [-0.25, -0.2) is 0 Å². The number of anilines is 1. The molecule has 16 heavy (non-hydrogen) atoms. The van der Waals surface area contributed by atoms with Crippen LogP contribution in [0.25, 0.3) is 0 Å². The summed E-state index contributed by atoms with van der Waals surface area (Å²) in [5, 5.41) is 0. The van der Waals surface area contributed by atoms with Crippen LogP contribution in [0, 0.1) is 0 Å². The molecule has 0 saturated carbocycles. The fourth-order valence-corrected chi connectivity index (χ4v) is 1.57. The second-order valence-corrected chi connectivity index (χ2v) is 3.82. The highest BCUT2D eigenvalue weighted by Crippen LogP contribution is 2.26. The van der Waals surface area contributed by atoms with Crippen molar-refractivity contribution in [3.63, 3.8) is 0 Å². The number of rotatable bonds is 3. The number of benzene rings is 1. The summed E-state index contributed by atoms with van der Waals surface area (Å²) in [5.74, 6) is 0. The zero-order chi connectivity index (χ0) is 12.3. The summed E-state index contributed by atoms with van der Waals surface area (Å²) in [7, 11) is 1.41. The van der Waals surface area contributed by atoms with Crippen LogP contribution in [0.15, 0.2) is 24.3 Å². The highest BCUT2D eigenvalue weighted by Gasteiger charge is 2.30. The average molecular weight is 232 g/mol. The van der Waals surface area contributed by atoms with Gasteiger partial charge in [-0.05, 0) is 18.6 Å². The summed E-state index contributed by atoms with van der Waals surface area (Å²) in [6.45, 7) is 0.775. The molecule has 1 aromatic carbocycles. The Hall–Kier alpha value is -1.23. The second-order valence-electron chi connectivity index (χ2n) is 3.82. The Morgan fingerprint density at radius 1 is 1.31 bits per heavy atom. The van der Waals surface area contributed by atoms with Gasteiger partial charge in [0.1, 0.15) is 6.54 Å². The number of hydrogen-bond acceptors (Lipinski definition) is 2. The Morgan fingerprint density at radius 2 is 1.88 bits per heavy atom. The molecule has 0 aliphatic carbocycles. The van der Waals surface area contributed by atoms with E-state index in [1.807, 2.05) is 0 Å². The van der Waals surface area contributed by atoms with Gasteiger partial charge in [0.05, 0.1) is 0 Å². The predicted molar refractivity (Wildman–Crippen MR) is 58.4 cm³/mol. The Morgan fingerprint density at radius 3 is 2.38 bits per heavy atom. The quantitative estimate of drug-likeness (QED) is 0.868. The highest BCUT2D eigenvalue weighted by molar-refractivity contribution is 5.54. The normalized spacial score (nSPS) is 13.6. The standard InChI is InChI=1S/C11H15F3N2/c1-8(15)9-5-3-4-6-10(9)16(2)7-11(12,13)14/h3-6,8H,7,15H2,1-2H3/t8-/m1/s1. The lowest BCUT2D eigenvalue weighted by atomic mass is 10.1. The first-order valence-electron chi connectivity index (χ1n) is 4.93. The van der Waals surface area contributed by atoms with Crippen molar-refractivity contribution in [1.29, 1.82) is 0 Å². The monoisotopic (exact) mass is 232 g/mol. The lowest BCUT2D eigenvalue weighted by molar-refractivity contribution is -0.119. The van der Waals surface area contributed by atoms with Crippen molar-refractivity contribution >= 4 is 5.69 Å². The third-order valence-corrected chi connectivity index (χ3v) is 2.26. The molecule has 0 heterocycles. The number of hydrogen-bond donors (Lipinski definition) is 1. The van der Waals surface area contributed by atoms with Crippen LogP contribution in [-0.4, -0.2) is 19.8 Å². The van der Waals surface area contributed by atoms with Crippen LogP contribution in [0.5, 0.6) is 0 Å². The molecule has 90 valence electrons. The summed E-state index contributed by atoms with van der Waals surface area (Å²) in [6.07, 6.45) is -4.21. The number of nitrogens with two attached hydrogens (primary N) is 1. The molecule has 0 aromatic heterocycles. The van der Waals surface area contributed by atoms with E-state index in [1.54, 1.807) is 31.2 Å². The molecule has 5 heteroatoms. The van der Waals surface area contributed by atoms with Crippen molar-refractivity contribution in [2.24, 2.45) is 5.73 Å². The molecule has 0 fully saturated rings. The van der Waals surface area contributed by atoms with Gasteiger partial charge in [0, 0.05) is 18.8 Å². The van der Waals surface area contributed by atoms with E-state index in [1.165, 1.54) is 11.9 Å². The Balaban J connectivity index is 2.95. The molecule has 1 aromatic rings. The fourth-order valence-electron chi connectivity index (χ4n) is 1.57. The van der Waals surface area contributed by atoms with E-state index in [2.05, 4.69) is 0 Å². The van der Waals surface area contributed by atoms with Crippen LogP contribution in [0.1, 0.15) is 18.5 Å². The lowest BCUT2D eigenvalue weighted by Gasteiger charge is -2.24. The Labute approximate surface area is 92.9 Å². The molecular weight excluding hydrogens is 217 g/mol. The summed E-state index contributed by atoms with van der Waals surface area (Å²) >= 11 is 0. The molecule has 0 saturated heterocycles. The first-order valence-corrected chi connectivity index (χ1v) is 4.93. The van der Waals surface area contributed by atoms with Crippen LogP contribution in [0.4, 0.5) is 18.9 Å². The maximum absolute atomic E-state index is 12.3. The van der Waals surface area contributed by atoms with Crippen molar-refractivity contribution in [3.05, 3.63) is 29.8 Å². The lowest BCUT2D eigenvalue weighted by Crippen LogP contribution is -2.32. The minimum absolute atomic E-state index is 0.285. The average Bonchev–Trinajstić information content (AvgIpc) is 2.15. The van der Waals surface area contributed by atoms with Gasteiger partial charge in [-0.2, -0.15) is 13.2 Å². The van der Waals surface area contributed by atoms with Crippen LogP contribution >= 0.6 is 0 Å². The third kappa shape index (κ3) is 3.41. The minimum atomic E-state index is -4.21. The molecule has 0 spiro atoms. The topological polar surface area (TPSA) is 29.3 Å². The van der Waals surface area contributed by atoms with Gasteiger partial charge in [0.2, 0.25) is 0 Å². The van der Waals surface area contributed by atoms with Gasteiger partial charge in [-0.3, -0.25) is 0 Å². The summed E-state index contributed by atoms with van der Waals surface area (Å²) in [5.41, 5.74) is 6.95. The smallest absolute Gasteiger partial charge is 0.365 e. The van der Waals surface area contributed by atoms with Gasteiger partial charge >= 0.3 is 6.18 Å². The van der Waals surface area contributed by atoms with E-state index < -0.39 is 12.7 Å². The zero-order valence-corrected chi connectivity index (χ0v) is 9.25. The third-order valence-electron chi connectivity index (χ3n) is 2.26. The predicted octanol–water partition coefficient (Wildman–Crippen LogP) is 2.70. The molecule has 0 aliphatic heterocycles. The Bertz CT molecular complexity index is 347. The van der Waals surface area contributed by atoms with E-state index in [0.29, 0.717) is 11.3 Å². The molecule has 2 N–H and O–H groups in total. The van der Waals surface area contributed by atoms with Gasteiger partial charge in [-0.15, -0.1) is 0 Å². The van der Waals surface area contributed by atoms with E-state index in [0.717, 1.165) is 0 Å². The van der Waals surface area contributed by atoms with Gasteiger partial charge in [-0.1, -0.05) is 18.2 Å². The molecule has 0 unspecified atom stereocenters. The summed E-state index contributed by atoms with van der Waals surface area (Å²) in [4.78, 5) is 1.17. The van der Waals surface area contributed by atoms with Gasteiger partial charge in [0.15, 0.2) is 0 Å². The van der Waals surface area contributed by atoms with Crippen LogP contribution < -0.4 is 10.6 Å². The van der Waals surface area contributed by atoms with Crippen molar-refractivity contribution in [1.82, 2.24) is 0 Å². The first kappa shape index (κ1) is 12.8. The molecule has 1 atom stereocenters. The number of nitrogens with zero attached hydrogens (tertiary/aromatic N) is 1. The Kier molecular flexibility index (Phi) is 3.80. The van der Waals surface area contributed by atoms with E-state index in [9.17, 15) is 13.2 Å². The van der Waals surface area contributed by atoms with E-state index >= 15 is 0 Å². The molecular formula is C11H15F3N2. The van der Waals surface area contributed by atoms with Crippen molar-refractivity contribution in [2.75, 3.05) is 18.5 Å². The van der Waals surface area contributed by atoms with E-state index in [4.69, 9.17) is 5.73 Å². The second kappa shape index (κ2) is 4.74. The van der Waals surface area contributed by atoms with Gasteiger partial charge < -0.3 is 10.6 Å². The van der Waals surface area contributed by atoms with Crippen molar-refractivity contribution in [2.45, 2.75) is 19.1 Å². The summed E-state index contributed by atoms with van der Waals surface area (Å²) in [6, 6.07) is 6.57. The highest BCUT2D eigenvalue weighted by atomic mass is 19.4. The largest absolute Gasteiger partial charge is 0.405 e. The zero-order valence-electron chi connectivity index (χ0n) is 9.25. The van der Waals surface area contributed by atoms with Crippen LogP contribution in [0.3, 0.4) is 0 Å². The maximum atomic E-state index is 12.3. The van der Waals surface area contributed by atoms with Crippen molar-refractivity contribution < 1.29 is 13.2 Å². The maximum Gasteiger partial charge on any atom is 0.405 e. The van der Waals surface area contributed by atoms with Crippen molar-refractivity contribution in [3.8, 4) is 0 Å². The first-order chi connectivity index (χ1) is 7.31. The molecule has 0 radical (unpaired) electrons.